The third kappa shape index (κ3) is 2.53. The maximum atomic E-state index is 6.17. The molecule has 3 N–H and O–H groups in total. The molecule has 1 aliphatic heterocycles. The van der Waals surface area contributed by atoms with E-state index in [1.165, 1.54) is 5.56 Å². The number of para-hydroxylation sites is 1. The average molecular weight is 323 g/mol. The number of ether oxygens (including phenoxy) is 1. The lowest BCUT2D eigenvalue weighted by Crippen LogP contribution is -2.25. The van der Waals surface area contributed by atoms with Crippen molar-refractivity contribution >= 4 is 16.9 Å². The number of anilines is 1. The van der Waals surface area contributed by atoms with Crippen LogP contribution in [0.5, 0.6) is 0 Å². The zero-order chi connectivity index (χ0) is 16.5. The van der Waals surface area contributed by atoms with Crippen LogP contribution in [-0.2, 0) is 4.74 Å². The minimum atomic E-state index is 0.384. The molecular formula is C18H21N5O. The van der Waals surface area contributed by atoms with E-state index in [1.54, 1.807) is 13.4 Å². The summed E-state index contributed by atoms with van der Waals surface area (Å²) in [6, 6.07) is 10.6. The second kappa shape index (κ2) is 6.22. The molecule has 24 heavy (non-hydrogen) atoms. The molecule has 6 heteroatoms. The molecule has 3 aromatic rings. The third-order valence-electron chi connectivity index (χ3n) is 4.70. The van der Waals surface area contributed by atoms with E-state index in [0.717, 1.165) is 36.3 Å². The Morgan fingerprint density at radius 1 is 1.29 bits per heavy atom. The molecule has 2 atom stereocenters. The van der Waals surface area contributed by atoms with Gasteiger partial charge in [0.2, 0.25) is 0 Å². The number of nitrogens with one attached hydrogen (secondary N) is 1. The molecule has 0 amide bonds. The highest BCUT2D eigenvalue weighted by Gasteiger charge is 2.29. The summed E-state index contributed by atoms with van der Waals surface area (Å²) in [4.78, 5) is 8.72. The average Bonchev–Trinajstić information content (AvgIpc) is 3.21. The summed E-state index contributed by atoms with van der Waals surface area (Å²) >= 11 is 0. The molecule has 1 aliphatic rings. The summed E-state index contributed by atoms with van der Waals surface area (Å²) in [6.45, 7) is 1.65. The lowest BCUT2D eigenvalue weighted by molar-refractivity contribution is 0.173. The molecule has 124 valence electrons. The molecule has 3 heterocycles. The van der Waals surface area contributed by atoms with Crippen molar-refractivity contribution in [1.82, 2.24) is 19.9 Å². The Labute approximate surface area is 140 Å². The minimum absolute atomic E-state index is 0.384. The quantitative estimate of drug-likeness (QED) is 0.769. The van der Waals surface area contributed by atoms with Crippen LogP contribution < -0.4 is 11.1 Å². The second-order valence-corrected chi connectivity index (χ2v) is 6.24. The molecule has 0 bridgehead atoms. The fourth-order valence-corrected chi connectivity index (χ4v) is 3.58. The molecule has 4 rings (SSSR count). The van der Waals surface area contributed by atoms with Crippen LogP contribution in [0, 0.1) is 0 Å². The molecule has 1 aromatic carbocycles. The van der Waals surface area contributed by atoms with Crippen LogP contribution in [0.4, 0.5) is 5.82 Å². The van der Waals surface area contributed by atoms with E-state index in [9.17, 15) is 0 Å². The van der Waals surface area contributed by atoms with Crippen LogP contribution in [0.3, 0.4) is 0 Å². The Bertz CT molecular complexity index is 845. The van der Waals surface area contributed by atoms with Crippen molar-refractivity contribution in [3.8, 4) is 5.69 Å². The predicted octanol–water partition coefficient (Wildman–Crippen LogP) is 2.09. The number of fused-ring (bicyclic) bond motifs is 1. The zero-order valence-corrected chi connectivity index (χ0v) is 13.6. The van der Waals surface area contributed by atoms with Gasteiger partial charge < -0.3 is 20.4 Å². The van der Waals surface area contributed by atoms with Crippen molar-refractivity contribution < 1.29 is 4.74 Å². The molecule has 2 unspecified atom stereocenters. The van der Waals surface area contributed by atoms with Crippen LogP contribution in [0.15, 0.2) is 42.9 Å². The summed E-state index contributed by atoms with van der Waals surface area (Å²) in [5, 5.41) is 3.53. The van der Waals surface area contributed by atoms with Gasteiger partial charge in [0, 0.05) is 43.1 Å². The number of hydrogen-bond donors (Lipinski definition) is 2. The van der Waals surface area contributed by atoms with Gasteiger partial charge in [0.25, 0.3) is 0 Å². The molecule has 6 nitrogen and oxygen atoms in total. The van der Waals surface area contributed by atoms with E-state index < -0.39 is 0 Å². The molecule has 1 saturated heterocycles. The molecule has 2 aromatic heterocycles. The van der Waals surface area contributed by atoms with E-state index >= 15 is 0 Å². The minimum Gasteiger partial charge on any atom is -0.383 e. The van der Waals surface area contributed by atoms with Gasteiger partial charge in [0.1, 0.15) is 11.8 Å². The zero-order valence-electron chi connectivity index (χ0n) is 13.6. The highest BCUT2D eigenvalue weighted by molar-refractivity contribution is 5.90. The molecule has 0 saturated carbocycles. The predicted molar refractivity (Wildman–Crippen MR) is 94.3 cm³/mol. The van der Waals surface area contributed by atoms with Crippen molar-refractivity contribution in [1.29, 1.82) is 0 Å². The van der Waals surface area contributed by atoms with E-state index in [0.29, 0.717) is 17.8 Å². The normalized spacial score (nSPS) is 20.7. The summed E-state index contributed by atoms with van der Waals surface area (Å²) in [5.41, 5.74) is 10.3. The third-order valence-corrected chi connectivity index (χ3v) is 4.70. The van der Waals surface area contributed by atoms with E-state index in [4.69, 9.17) is 10.5 Å². The number of nitrogens with zero attached hydrogens (tertiary/aromatic N) is 3. The summed E-state index contributed by atoms with van der Waals surface area (Å²) in [6.07, 6.45) is 4.74. The Morgan fingerprint density at radius 3 is 2.92 bits per heavy atom. The first kappa shape index (κ1) is 15.1. The van der Waals surface area contributed by atoms with Crippen molar-refractivity contribution in [3.63, 3.8) is 0 Å². The van der Waals surface area contributed by atoms with Gasteiger partial charge in [0.05, 0.1) is 12.1 Å². The maximum absolute atomic E-state index is 6.17. The molecule has 0 spiro atoms. The number of nitrogens with two attached hydrogens (primary N) is 1. The van der Waals surface area contributed by atoms with Gasteiger partial charge in [-0.2, -0.15) is 0 Å². The lowest BCUT2D eigenvalue weighted by atomic mass is 9.98. The first-order valence-corrected chi connectivity index (χ1v) is 8.17. The molecule has 0 aliphatic carbocycles. The van der Waals surface area contributed by atoms with Crippen LogP contribution in [0.25, 0.3) is 16.7 Å². The van der Waals surface area contributed by atoms with E-state index in [1.807, 2.05) is 18.2 Å². The largest absolute Gasteiger partial charge is 0.383 e. The molecule has 0 radical (unpaired) electrons. The van der Waals surface area contributed by atoms with Crippen molar-refractivity contribution in [2.45, 2.75) is 18.4 Å². The van der Waals surface area contributed by atoms with Crippen molar-refractivity contribution in [3.05, 3.63) is 48.4 Å². The van der Waals surface area contributed by atoms with Crippen LogP contribution in [0.1, 0.15) is 17.9 Å². The Balaban J connectivity index is 1.82. The number of hydrogen-bond acceptors (Lipinski definition) is 5. The maximum Gasteiger partial charge on any atom is 0.151 e. The van der Waals surface area contributed by atoms with Gasteiger partial charge in [-0.3, -0.25) is 0 Å². The standard InChI is InChI=1S/C18H21N5O/c1-24-10-13-7-12(8-20-13)15-9-23(14-5-3-2-4-6-14)17-16(15)21-11-22-18(17)19/h2-6,9,11-13,20H,7-8,10H2,1H3,(H2,19,21,22). The van der Waals surface area contributed by atoms with Gasteiger partial charge in [-0.15, -0.1) is 0 Å². The first-order chi connectivity index (χ1) is 11.8. The van der Waals surface area contributed by atoms with Gasteiger partial charge >= 0.3 is 0 Å². The van der Waals surface area contributed by atoms with Crippen LogP contribution in [-0.4, -0.2) is 40.8 Å². The summed E-state index contributed by atoms with van der Waals surface area (Å²) < 4.78 is 7.38. The first-order valence-electron chi connectivity index (χ1n) is 8.17. The smallest absolute Gasteiger partial charge is 0.151 e. The summed E-state index contributed by atoms with van der Waals surface area (Å²) in [7, 11) is 1.74. The Morgan fingerprint density at radius 2 is 2.12 bits per heavy atom. The second-order valence-electron chi connectivity index (χ2n) is 6.24. The van der Waals surface area contributed by atoms with Crippen LogP contribution >= 0.6 is 0 Å². The number of benzene rings is 1. The molecular weight excluding hydrogens is 302 g/mol. The lowest BCUT2D eigenvalue weighted by Gasteiger charge is -2.08. The van der Waals surface area contributed by atoms with Gasteiger partial charge in [-0.05, 0) is 18.6 Å². The number of methoxy groups -OCH3 is 1. The van der Waals surface area contributed by atoms with Gasteiger partial charge in [-0.1, -0.05) is 18.2 Å². The van der Waals surface area contributed by atoms with Crippen LogP contribution in [0.2, 0.25) is 0 Å². The summed E-state index contributed by atoms with van der Waals surface area (Å²) in [5.74, 6) is 0.904. The Hall–Kier alpha value is -2.44. The highest BCUT2D eigenvalue weighted by Crippen LogP contribution is 2.34. The Kier molecular flexibility index (Phi) is 3.92. The number of rotatable bonds is 4. The van der Waals surface area contributed by atoms with Crippen molar-refractivity contribution in [2.75, 3.05) is 26.0 Å². The number of nitrogen functional groups attached to an aromatic ring is 1. The van der Waals surface area contributed by atoms with E-state index in [2.05, 4.69) is 38.2 Å². The topological polar surface area (TPSA) is 78.0 Å². The van der Waals surface area contributed by atoms with E-state index in [-0.39, 0.29) is 0 Å². The highest BCUT2D eigenvalue weighted by atomic mass is 16.5. The molecule has 1 fully saturated rings. The van der Waals surface area contributed by atoms with Gasteiger partial charge in [-0.25, -0.2) is 9.97 Å². The fraction of sp³-hybridized carbons (Fsp3) is 0.333. The fourth-order valence-electron chi connectivity index (χ4n) is 3.58. The SMILES string of the molecule is COCC1CC(c2cn(-c3ccccc3)c3c(N)ncnc23)CN1. The monoisotopic (exact) mass is 323 g/mol. The van der Waals surface area contributed by atoms with Gasteiger partial charge in [0.15, 0.2) is 5.82 Å². The number of aromatic nitrogens is 3. The van der Waals surface area contributed by atoms with Crippen molar-refractivity contribution in [2.24, 2.45) is 0 Å².